The number of aryl methyl sites for hydroxylation is 1. The van der Waals surface area contributed by atoms with Crippen LogP contribution in [0.5, 0.6) is 17.2 Å². The number of nitrogens with zero attached hydrogens (tertiary/aromatic N) is 5. The largest absolute Gasteiger partial charge is 0.493 e. The van der Waals surface area contributed by atoms with Gasteiger partial charge >= 0.3 is 0 Å². The van der Waals surface area contributed by atoms with E-state index in [0.29, 0.717) is 44.1 Å². The molecule has 1 N–H and O–H groups in total. The second kappa shape index (κ2) is 16.2. The van der Waals surface area contributed by atoms with Crippen molar-refractivity contribution in [3.05, 3.63) is 77.4 Å². The van der Waals surface area contributed by atoms with E-state index < -0.39 is 39.3 Å². The van der Waals surface area contributed by atoms with E-state index in [1.165, 1.54) is 44.4 Å². The maximum absolute atomic E-state index is 14.9. The number of anilines is 1. The third-order valence-corrected chi connectivity index (χ3v) is 10.9. The lowest BCUT2D eigenvalue weighted by molar-refractivity contribution is 0.0137. The number of amides is 1. The number of hydrogen-bond donors (Lipinski definition) is 1. The van der Waals surface area contributed by atoms with Crippen molar-refractivity contribution in [2.45, 2.75) is 56.3 Å². The molecule has 0 spiro atoms. The number of hydrogen-bond acceptors (Lipinski definition) is 11. The molecule has 0 bridgehead atoms. The summed E-state index contributed by atoms with van der Waals surface area (Å²) in [5.74, 6) is -1.27. The van der Waals surface area contributed by atoms with E-state index in [1.807, 2.05) is 28.8 Å². The number of benzene rings is 3. The van der Waals surface area contributed by atoms with Gasteiger partial charge in [-0.3, -0.25) is 4.79 Å². The molecule has 2 aliphatic rings. The maximum Gasteiger partial charge on any atom is 0.266 e. The Hall–Kier alpha value is -4.98. The third-order valence-electron chi connectivity index (χ3n) is 10.4. The van der Waals surface area contributed by atoms with E-state index in [2.05, 4.69) is 16.3 Å². The van der Waals surface area contributed by atoms with Gasteiger partial charge in [-0.15, -0.1) is 0 Å². The lowest BCUT2D eigenvalue weighted by Gasteiger charge is -2.40. The van der Waals surface area contributed by atoms with Crippen LogP contribution in [0.4, 0.5) is 14.7 Å². The number of methoxy groups -OCH3 is 3. The molecule has 54 heavy (non-hydrogen) atoms. The molecule has 2 saturated heterocycles. The number of carbonyl (C=O) groups is 1. The molecular weight excluding hydrogens is 723 g/mol. The normalized spacial score (nSPS) is 19.5. The molecule has 0 saturated carbocycles. The Balaban J connectivity index is 1.25. The van der Waals surface area contributed by atoms with Gasteiger partial charge in [0.05, 0.1) is 51.1 Å². The average molecular weight is 767 g/mol. The highest BCUT2D eigenvalue weighted by molar-refractivity contribution is 7.86. The molecule has 2 aliphatic heterocycles. The maximum atomic E-state index is 14.9. The average Bonchev–Trinajstić information content (AvgIpc) is 3.70. The van der Waals surface area contributed by atoms with Crippen LogP contribution in [-0.2, 0) is 26.3 Å². The quantitative estimate of drug-likeness (QED) is 0.167. The highest BCUT2D eigenvalue weighted by atomic mass is 32.2. The van der Waals surface area contributed by atoms with Crippen molar-refractivity contribution in [3.63, 3.8) is 0 Å². The smallest absolute Gasteiger partial charge is 0.266 e. The number of carbonyl (C=O) groups excluding carboxylic acids is 1. The van der Waals surface area contributed by atoms with Crippen molar-refractivity contribution in [1.29, 1.82) is 5.26 Å². The van der Waals surface area contributed by atoms with Gasteiger partial charge in [0.2, 0.25) is 11.7 Å². The number of aromatic nitrogens is 2. The minimum absolute atomic E-state index is 0.0630. The number of nitrogens with one attached hydrogen (secondary N) is 1. The number of rotatable bonds is 14. The van der Waals surface area contributed by atoms with Crippen molar-refractivity contribution in [2.75, 3.05) is 59.1 Å². The molecule has 0 radical (unpaired) electrons. The summed E-state index contributed by atoms with van der Waals surface area (Å²) >= 11 is 0. The van der Waals surface area contributed by atoms with Gasteiger partial charge < -0.3 is 33.9 Å². The first-order valence-electron chi connectivity index (χ1n) is 17.7. The van der Waals surface area contributed by atoms with E-state index >= 15 is 0 Å². The molecule has 3 heterocycles. The predicted molar refractivity (Wildman–Crippen MR) is 197 cm³/mol. The number of nitriles is 1. The summed E-state index contributed by atoms with van der Waals surface area (Å²) in [5, 5.41) is 12.8. The minimum Gasteiger partial charge on any atom is -0.493 e. The second-order valence-electron chi connectivity index (χ2n) is 13.6. The number of fused-ring (bicyclic) bond motifs is 1. The van der Waals surface area contributed by atoms with Crippen LogP contribution in [0.15, 0.2) is 54.6 Å². The van der Waals surface area contributed by atoms with Crippen LogP contribution in [0.25, 0.3) is 11.0 Å². The Kier molecular flexibility index (Phi) is 11.6. The van der Waals surface area contributed by atoms with Crippen LogP contribution in [0.3, 0.4) is 0 Å². The second-order valence-corrected chi connectivity index (χ2v) is 15.2. The zero-order valence-electron chi connectivity index (χ0n) is 30.7. The summed E-state index contributed by atoms with van der Waals surface area (Å²) < 4.78 is 79.0. The fourth-order valence-corrected chi connectivity index (χ4v) is 8.27. The molecule has 2 atom stereocenters. The van der Waals surface area contributed by atoms with Crippen molar-refractivity contribution in [2.24, 2.45) is 0 Å². The van der Waals surface area contributed by atoms with E-state index in [1.54, 1.807) is 0 Å². The van der Waals surface area contributed by atoms with Crippen LogP contribution < -0.4 is 19.5 Å². The zero-order chi connectivity index (χ0) is 38.6. The Morgan fingerprint density at radius 2 is 1.69 bits per heavy atom. The van der Waals surface area contributed by atoms with Crippen LogP contribution >= 0.6 is 0 Å². The van der Waals surface area contributed by atoms with Crippen molar-refractivity contribution in [1.82, 2.24) is 19.4 Å². The van der Waals surface area contributed by atoms with E-state index in [-0.39, 0.29) is 48.2 Å². The Labute approximate surface area is 313 Å². The summed E-state index contributed by atoms with van der Waals surface area (Å²) in [5.41, 5.74) is 1.02. The lowest BCUT2D eigenvalue weighted by Crippen LogP contribution is -2.50. The molecule has 6 rings (SSSR count). The van der Waals surface area contributed by atoms with Crippen molar-refractivity contribution >= 4 is 33.0 Å². The summed E-state index contributed by atoms with van der Waals surface area (Å²) in [6.45, 7) is 2.42. The molecule has 1 amide bonds. The third kappa shape index (κ3) is 7.94. The summed E-state index contributed by atoms with van der Waals surface area (Å²) in [6.07, 6.45) is 1.90. The van der Waals surface area contributed by atoms with Crippen LogP contribution in [-0.4, -0.2) is 99.7 Å². The molecule has 1 aromatic heterocycles. The number of piperidine rings is 1. The summed E-state index contributed by atoms with van der Waals surface area (Å²) in [6, 6.07) is 16.6. The molecule has 4 aromatic rings. The first kappa shape index (κ1) is 38.7. The lowest BCUT2D eigenvalue weighted by atomic mass is 9.75. The van der Waals surface area contributed by atoms with Gasteiger partial charge in [0.25, 0.3) is 16.0 Å². The number of para-hydroxylation sites is 2. The topological polar surface area (TPSA) is 148 Å². The molecule has 3 aromatic carbocycles. The van der Waals surface area contributed by atoms with Crippen LogP contribution in [0, 0.1) is 23.0 Å². The Bertz CT molecular complexity index is 2130. The van der Waals surface area contributed by atoms with Gasteiger partial charge in [0.1, 0.15) is 0 Å². The van der Waals surface area contributed by atoms with Crippen LogP contribution in [0.1, 0.15) is 48.0 Å². The molecule has 16 heteroatoms. The molecule has 288 valence electrons. The molecular formula is C38H44F2N6O7S. The highest BCUT2D eigenvalue weighted by Gasteiger charge is 2.53. The highest BCUT2D eigenvalue weighted by Crippen LogP contribution is 2.46. The van der Waals surface area contributed by atoms with Gasteiger partial charge in [0.15, 0.2) is 29.4 Å². The molecule has 13 nitrogen and oxygen atoms in total. The monoisotopic (exact) mass is 766 g/mol. The Morgan fingerprint density at radius 1 is 0.981 bits per heavy atom. The van der Waals surface area contributed by atoms with E-state index in [4.69, 9.17) is 23.4 Å². The predicted octanol–water partition coefficient (Wildman–Crippen LogP) is 5.31. The minimum atomic E-state index is -4.17. The number of halogens is 2. The number of likely N-dealkylation sites (tertiary alicyclic amines) is 2. The first-order valence-corrected chi connectivity index (χ1v) is 19.5. The first-order chi connectivity index (χ1) is 25.9. The van der Waals surface area contributed by atoms with Crippen molar-refractivity contribution in [3.8, 4) is 23.3 Å². The molecule has 0 aliphatic carbocycles. The fourth-order valence-electron chi connectivity index (χ4n) is 7.65. The van der Waals surface area contributed by atoms with Crippen molar-refractivity contribution < 1.29 is 40.4 Å². The molecule has 2 unspecified atom stereocenters. The fraction of sp³-hybridized carbons (Fsp3) is 0.447. The van der Waals surface area contributed by atoms with Gasteiger partial charge in [-0.05, 0) is 74.2 Å². The summed E-state index contributed by atoms with van der Waals surface area (Å²) in [7, 11) is 0.0943. The number of ether oxygens (including phenoxy) is 3. The van der Waals surface area contributed by atoms with E-state index in [0.717, 1.165) is 42.3 Å². The van der Waals surface area contributed by atoms with Gasteiger partial charge in [0, 0.05) is 43.2 Å². The standard InChI is InChI=1S/C38H44F2N6O7S/c1-50-32-22-25(23-33(51-2)34(32)52-3)35(47)46-21-15-38(36(46)53-54(4,48)49,26-10-11-28(39)29(40)24-26)14-20-44-18-12-27(13-19-44)42-37-43-30-8-5-6-9-31(30)45(37)17-7-16-41/h5-6,8-11,22-24,27,36H,7,12-15,17-21H2,1-4H3,(H,42,43). The summed E-state index contributed by atoms with van der Waals surface area (Å²) in [4.78, 5) is 22.6. The molecule has 2 fully saturated rings. The van der Waals surface area contributed by atoms with Gasteiger partial charge in [-0.25, -0.2) is 17.9 Å². The number of imidazole rings is 1. The Morgan fingerprint density at radius 3 is 2.31 bits per heavy atom. The van der Waals surface area contributed by atoms with E-state index in [9.17, 15) is 27.3 Å². The zero-order valence-corrected chi connectivity index (χ0v) is 31.5. The van der Waals surface area contributed by atoms with Crippen LogP contribution in [0.2, 0.25) is 0 Å². The van der Waals surface area contributed by atoms with Gasteiger partial charge in [-0.1, -0.05) is 18.2 Å². The van der Waals surface area contributed by atoms with Gasteiger partial charge in [-0.2, -0.15) is 13.7 Å². The SMILES string of the molecule is COc1cc(C(=O)N2CCC(CCN3CCC(Nc4nc5ccccc5n4CCC#N)CC3)(c3ccc(F)c(F)c3)C2OS(C)(=O)=O)cc(OC)c1OC.